The van der Waals surface area contributed by atoms with Crippen molar-refractivity contribution in [2.45, 2.75) is 0 Å². The molecule has 0 aliphatic heterocycles. The lowest BCUT2D eigenvalue weighted by atomic mass is 9.96. The van der Waals surface area contributed by atoms with Gasteiger partial charge in [0.2, 0.25) is 5.78 Å². The van der Waals surface area contributed by atoms with E-state index in [-0.39, 0.29) is 5.78 Å². The molecule has 2 aromatic carbocycles. The van der Waals surface area contributed by atoms with Crippen LogP contribution in [0.3, 0.4) is 0 Å². The van der Waals surface area contributed by atoms with Gasteiger partial charge in [-0.3, -0.25) is 14.8 Å². The molecular formula is C25H20N2O3. The summed E-state index contributed by atoms with van der Waals surface area (Å²) < 4.78 is 10.7. The molecule has 0 amide bonds. The second-order valence-corrected chi connectivity index (χ2v) is 6.59. The minimum absolute atomic E-state index is 0.244. The van der Waals surface area contributed by atoms with Crippen LogP contribution in [-0.2, 0) is 0 Å². The van der Waals surface area contributed by atoms with Gasteiger partial charge in [-0.05, 0) is 47.5 Å². The number of rotatable bonds is 6. The number of hydrogen-bond acceptors (Lipinski definition) is 5. The van der Waals surface area contributed by atoms with Crippen LogP contribution in [-0.4, -0.2) is 30.0 Å². The third-order valence-corrected chi connectivity index (χ3v) is 4.81. The van der Waals surface area contributed by atoms with E-state index in [1.54, 1.807) is 26.6 Å². The fourth-order valence-corrected chi connectivity index (χ4v) is 3.33. The molecule has 0 aliphatic carbocycles. The number of methoxy groups -OCH3 is 2. The number of pyridine rings is 2. The Labute approximate surface area is 175 Å². The van der Waals surface area contributed by atoms with Crippen LogP contribution in [0.1, 0.15) is 16.2 Å². The Morgan fingerprint density at radius 1 is 0.667 bits per heavy atom. The number of ether oxygens (including phenoxy) is 2. The summed E-state index contributed by atoms with van der Waals surface area (Å²) in [7, 11) is 3.23. The highest BCUT2D eigenvalue weighted by molar-refractivity contribution is 6.13. The van der Waals surface area contributed by atoms with Crippen molar-refractivity contribution in [3.8, 4) is 33.8 Å². The maximum absolute atomic E-state index is 13.6. The zero-order chi connectivity index (χ0) is 20.9. The van der Waals surface area contributed by atoms with Crippen LogP contribution < -0.4 is 9.47 Å². The third kappa shape index (κ3) is 3.78. The lowest BCUT2D eigenvalue weighted by Crippen LogP contribution is -2.10. The molecule has 0 radical (unpaired) electrons. The van der Waals surface area contributed by atoms with Crippen LogP contribution in [0.4, 0.5) is 0 Å². The third-order valence-electron chi connectivity index (χ3n) is 4.81. The van der Waals surface area contributed by atoms with Crippen LogP contribution in [0.5, 0.6) is 11.5 Å². The predicted octanol–water partition coefficient (Wildman–Crippen LogP) is 5.06. The maximum atomic E-state index is 13.6. The van der Waals surface area contributed by atoms with Crippen molar-refractivity contribution < 1.29 is 14.3 Å². The van der Waals surface area contributed by atoms with Crippen molar-refractivity contribution in [3.05, 3.63) is 96.6 Å². The molecule has 0 N–H and O–H groups in total. The van der Waals surface area contributed by atoms with Gasteiger partial charge < -0.3 is 9.47 Å². The predicted molar refractivity (Wildman–Crippen MR) is 116 cm³/mol. The largest absolute Gasteiger partial charge is 0.497 e. The molecule has 0 saturated carbocycles. The van der Waals surface area contributed by atoms with E-state index in [2.05, 4.69) is 9.97 Å². The zero-order valence-electron chi connectivity index (χ0n) is 16.7. The highest BCUT2D eigenvalue weighted by atomic mass is 16.5. The smallest absolute Gasteiger partial charge is 0.230 e. The summed E-state index contributed by atoms with van der Waals surface area (Å²) in [6, 6.07) is 22.5. The first-order chi connectivity index (χ1) is 14.7. The fourth-order valence-electron chi connectivity index (χ4n) is 3.33. The molecule has 5 nitrogen and oxygen atoms in total. The van der Waals surface area contributed by atoms with Gasteiger partial charge in [0.1, 0.15) is 22.9 Å². The molecule has 4 aromatic rings. The normalized spacial score (nSPS) is 10.5. The molecule has 0 spiro atoms. The summed E-state index contributed by atoms with van der Waals surface area (Å²) in [4.78, 5) is 22.4. The number of nitrogens with zero attached hydrogens (tertiary/aromatic N) is 2. The van der Waals surface area contributed by atoms with Crippen LogP contribution in [0, 0.1) is 0 Å². The second-order valence-electron chi connectivity index (χ2n) is 6.59. The highest BCUT2D eigenvalue weighted by Crippen LogP contribution is 2.30. The van der Waals surface area contributed by atoms with E-state index in [1.165, 1.54) is 0 Å². The summed E-state index contributed by atoms with van der Waals surface area (Å²) in [5, 5.41) is 0. The van der Waals surface area contributed by atoms with Gasteiger partial charge in [0, 0.05) is 23.5 Å². The van der Waals surface area contributed by atoms with Crippen molar-refractivity contribution in [3.63, 3.8) is 0 Å². The number of aromatic nitrogens is 2. The van der Waals surface area contributed by atoms with E-state index < -0.39 is 0 Å². The van der Waals surface area contributed by atoms with Gasteiger partial charge in [-0.15, -0.1) is 0 Å². The van der Waals surface area contributed by atoms with E-state index in [1.807, 2.05) is 72.8 Å². The van der Waals surface area contributed by atoms with E-state index in [0.29, 0.717) is 22.9 Å². The van der Waals surface area contributed by atoms with Crippen molar-refractivity contribution in [2.24, 2.45) is 0 Å². The summed E-state index contributed by atoms with van der Waals surface area (Å²) in [5.41, 5.74) is 3.84. The second kappa shape index (κ2) is 8.57. The van der Waals surface area contributed by atoms with Gasteiger partial charge in [0.15, 0.2) is 0 Å². The fraction of sp³-hybridized carbons (Fsp3) is 0.0800. The van der Waals surface area contributed by atoms with Gasteiger partial charge >= 0.3 is 0 Å². The van der Waals surface area contributed by atoms with Crippen LogP contribution >= 0.6 is 0 Å². The highest BCUT2D eigenvalue weighted by Gasteiger charge is 2.21. The number of hydrogen-bond donors (Lipinski definition) is 0. The van der Waals surface area contributed by atoms with E-state index in [0.717, 1.165) is 22.3 Å². The standard InChI is InChI=1S/C25H20N2O3/c1-29-19-9-3-7-17(15-19)21-11-5-13-26-23(21)25(28)24-22(12-6-14-27-24)18-8-4-10-20(16-18)30-2/h3-16H,1-2H3. The maximum Gasteiger partial charge on any atom is 0.230 e. The lowest BCUT2D eigenvalue weighted by Gasteiger charge is -2.12. The topological polar surface area (TPSA) is 61.3 Å². The number of benzene rings is 2. The molecule has 0 bridgehead atoms. The van der Waals surface area contributed by atoms with Gasteiger partial charge in [0.25, 0.3) is 0 Å². The molecule has 0 fully saturated rings. The molecule has 4 rings (SSSR count). The van der Waals surface area contributed by atoms with Gasteiger partial charge in [-0.25, -0.2) is 0 Å². The first-order valence-corrected chi connectivity index (χ1v) is 9.45. The average Bonchev–Trinajstić information content (AvgIpc) is 2.83. The Morgan fingerprint density at radius 2 is 1.13 bits per heavy atom. The quantitative estimate of drug-likeness (QED) is 0.426. The molecular weight excluding hydrogens is 376 g/mol. The number of carbonyl (C=O) groups excluding carboxylic acids is 1. The van der Waals surface area contributed by atoms with Crippen molar-refractivity contribution in [1.82, 2.24) is 9.97 Å². The molecule has 0 atom stereocenters. The summed E-state index contributed by atoms with van der Waals surface area (Å²) in [6.07, 6.45) is 3.23. The molecule has 2 aromatic heterocycles. The van der Waals surface area contributed by atoms with Crippen molar-refractivity contribution in [2.75, 3.05) is 14.2 Å². The van der Waals surface area contributed by atoms with E-state index >= 15 is 0 Å². The lowest BCUT2D eigenvalue weighted by molar-refractivity contribution is 0.103. The minimum atomic E-state index is -0.244. The van der Waals surface area contributed by atoms with Crippen LogP contribution in [0.2, 0.25) is 0 Å². The molecule has 148 valence electrons. The molecule has 2 heterocycles. The Bertz CT molecular complexity index is 1110. The van der Waals surface area contributed by atoms with E-state index in [4.69, 9.17) is 9.47 Å². The summed E-state index contributed by atoms with van der Waals surface area (Å²) in [6.45, 7) is 0. The first-order valence-electron chi connectivity index (χ1n) is 9.45. The van der Waals surface area contributed by atoms with Gasteiger partial charge in [0.05, 0.1) is 14.2 Å². The Balaban J connectivity index is 1.82. The molecule has 30 heavy (non-hydrogen) atoms. The molecule has 0 aliphatic rings. The van der Waals surface area contributed by atoms with Crippen molar-refractivity contribution in [1.29, 1.82) is 0 Å². The first kappa shape index (κ1) is 19.3. The van der Waals surface area contributed by atoms with Crippen LogP contribution in [0.25, 0.3) is 22.3 Å². The molecule has 0 saturated heterocycles. The summed E-state index contributed by atoms with van der Waals surface area (Å²) >= 11 is 0. The number of carbonyl (C=O) groups is 1. The van der Waals surface area contributed by atoms with Crippen molar-refractivity contribution >= 4 is 5.78 Å². The Kier molecular flexibility index (Phi) is 5.52. The van der Waals surface area contributed by atoms with Gasteiger partial charge in [-0.2, -0.15) is 0 Å². The zero-order valence-corrected chi connectivity index (χ0v) is 16.7. The monoisotopic (exact) mass is 396 g/mol. The number of ketones is 1. The Morgan fingerprint density at radius 3 is 1.57 bits per heavy atom. The summed E-state index contributed by atoms with van der Waals surface area (Å²) in [5.74, 6) is 1.18. The van der Waals surface area contributed by atoms with Crippen LogP contribution in [0.15, 0.2) is 85.2 Å². The SMILES string of the molecule is COc1cccc(-c2cccnc2C(=O)c2ncccc2-c2cccc(OC)c2)c1. The molecule has 5 heteroatoms. The Hall–Kier alpha value is -3.99. The minimum Gasteiger partial charge on any atom is -0.497 e. The van der Waals surface area contributed by atoms with E-state index in [9.17, 15) is 4.79 Å². The average molecular weight is 396 g/mol. The molecule has 0 unspecified atom stereocenters. The van der Waals surface area contributed by atoms with Gasteiger partial charge in [-0.1, -0.05) is 36.4 Å².